The SMILES string of the molecule is COc1cc2c(cc1OC)CN([C@H]1CC(=O)N(c3cccc(OC(F)(F)F)c3)C1=O)CC2. The van der Waals surface area contributed by atoms with Crippen LogP contribution in [-0.4, -0.2) is 49.9 Å². The summed E-state index contributed by atoms with van der Waals surface area (Å²) in [6, 6.07) is 7.93. The van der Waals surface area contributed by atoms with Gasteiger partial charge in [0.2, 0.25) is 5.91 Å². The van der Waals surface area contributed by atoms with Crippen molar-refractivity contribution >= 4 is 17.5 Å². The first-order chi connectivity index (χ1) is 15.2. The van der Waals surface area contributed by atoms with Crippen LogP contribution >= 0.6 is 0 Å². The molecule has 2 amide bonds. The number of amides is 2. The lowest BCUT2D eigenvalue weighted by Crippen LogP contribution is -2.44. The highest BCUT2D eigenvalue weighted by molar-refractivity contribution is 6.22. The zero-order valence-electron chi connectivity index (χ0n) is 17.4. The zero-order valence-corrected chi connectivity index (χ0v) is 17.4. The Kier molecular flexibility index (Phi) is 5.72. The molecule has 0 spiro atoms. The lowest BCUT2D eigenvalue weighted by molar-refractivity contribution is -0.274. The van der Waals surface area contributed by atoms with Gasteiger partial charge < -0.3 is 14.2 Å². The van der Waals surface area contributed by atoms with E-state index >= 15 is 0 Å². The summed E-state index contributed by atoms with van der Waals surface area (Å²) in [5.41, 5.74) is 2.09. The van der Waals surface area contributed by atoms with Crippen molar-refractivity contribution in [3.05, 3.63) is 47.5 Å². The van der Waals surface area contributed by atoms with E-state index in [1.54, 1.807) is 14.2 Å². The maximum absolute atomic E-state index is 13.1. The second kappa shape index (κ2) is 8.34. The van der Waals surface area contributed by atoms with Gasteiger partial charge in [0, 0.05) is 19.2 Å². The highest BCUT2D eigenvalue weighted by Crippen LogP contribution is 2.36. The molecule has 4 rings (SSSR count). The summed E-state index contributed by atoms with van der Waals surface area (Å²) in [6.45, 7) is 0.988. The minimum absolute atomic E-state index is 0.0491. The summed E-state index contributed by atoms with van der Waals surface area (Å²) >= 11 is 0. The van der Waals surface area contributed by atoms with Crippen molar-refractivity contribution in [2.75, 3.05) is 25.7 Å². The highest BCUT2D eigenvalue weighted by atomic mass is 19.4. The normalized spacial score (nSPS) is 19.2. The Hall–Kier alpha value is -3.27. The minimum Gasteiger partial charge on any atom is -0.493 e. The summed E-state index contributed by atoms with van der Waals surface area (Å²) in [7, 11) is 3.10. The van der Waals surface area contributed by atoms with Crippen molar-refractivity contribution in [1.29, 1.82) is 0 Å². The molecule has 1 atom stereocenters. The molecule has 0 aliphatic carbocycles. The molecule has 2 aliphatic rings. The average molecular weight is 450 g/mol. The smallest absolute Gasteiger partial charge is 0.493 e. The maximum atomic E-state index is 13.1. The molecule has 1 saturated heterocycles. The Labute approximate surface area is 182 Å². The van der Waals surface area contributed by atoms with Crippen molar-refractivity contribution in [2.24, 2.45) is 0 Å². The van der Waals surface area contributed by atoms with Crippen LogP contribution in [0.1, 0.15) is 17.5 Å². The zero-order chi connectivity index (χ0) is 23.0. The van der Waals surface area contributed by atoms with E-state index in [4.69, 9.17) is 9.47 Å². The van der Waals surface area contributed by atoms with Crippen LogP contribution in [0.5, 0.6) is 17.2 Å². The molecular formula is C22H21F3N2O5. The Bertz CT molecular complexity index is 1060. The molecule has 0 unspecified atom stereocenters. The Morgan fingerprint density at radius 3 is 2.34 bits per heavy atom. The predicted octanol–water partition coefficient (Wildman–Crippen LogP) is 3.29. The molecule has 0 saturated carbocycles. The number of benzene rings is 2. The molecule has 0 bridgehead atoms. The number of imide groups is 1. The fraction of sp³-hybridized carbons (Fsp3) is 0.364. The van der Waals surface area contributed by atoms with Gasteiger partial charge in [-0.3, -0.25) is 14.5 Å². The number of alkyl halides is 3. The lowest BCUT2D eigenvalue weighted by atomic mass is 9.97. The number of methoxy groups -OCH3 is 2. The number of carbonyl (C=O) groups excluding carboxylic acids is 2. The summed E-state index contributed by atoms with van der Waals surface area (Å²) in [6.07, 6.45) is -4.26. The monoisotopic (exact) mass is 450 g/mol. The molecule has 0 radical (unpaired) electrons. The van der Waals surface area contributed by atoms with Gasteiger partial charge in [0.15, 0.2) is 11.5 Å². The fourth-order valence-electron chi connectivity index (χ4n) is 4.16. The molecule has 170 valence electrons. The number of rotatable bonds is 5. The lowest BCUT2D eigenvalue weighted by Gasteiger charge is -2.32. The van der Waals surface area contributed by atoms with Crippen molar-refractivity contribution in [3.8, 4) is 17.2 Å². The first-order valence-electron chi connectivity index (χ1n) is 9.90. The summed E-state index contributed by atoms with van der Waals surface area (Å²) < 4.78 is 52.2. The third-order valence-corrected chi connectivity index (χ3v) is 5.62. The Morgan fingerprint density at radius 2 is 1.69 bits per heavy atom. The van der Waals surface area contributed by atoms with E-state index in [0.29, 0.717) is 31.0 Å². The Balaban J connectivity index is 1.55. The van der Waals surface area contributed by atoms with E-state index in [9.17, 15) is 22.8 Å². The molecule has 2 aromatic rings. The third-order valence-electron chi connectivity index (χ3n) is 5.62. The number of hydrogen-bond acceptors (Lipinski definition) is 6. The van der Waals surface area contributed by atoms with E-state index < -0.39 is 30.0 Å². The Morgan fingerprint density at radius 1 is 1.00 bits per heavy atom. The van der Waals surface area contributed by atoms with E-state index in [0.717, 1.165) is 28.2 Å². The van der Waals surface area contributed by atoms with E-state index in [-0.39, 0.29) is 12.1 Å². The van der Waals surface area contributed by atoms with Gasteiger partial charge in [-0.15, -0.1) is 13.2 Å². The summed E-state index contributed by atoms with van der Waals surface area (Å²) in [5.74, 6) is -0.235. The number of nitrogens with zero attached hydrogens (tertiary/aromatic N) is 2. The molecule has 2 aromatic carbocycles. The molecule has 0 N–H and O–H groups in total. The second-order valence-corrected chi connectivity index (χ2v) is 7.53. The quantitative estimate of drug-likeness (QED) is 0.652. The van der Waals surface area contributed by atoms with Gasteiger partial charge in [-0.2, -0.15) is 0 Å². The number of fused-ring (bicyclic) bond motifs is 1. The van der Waals surface area contributed by atoms with Gasteiger partial charge in [-0.05, 0) is 41.8 Å². The molecule has 0 aromatic heterocycles. The van der Waals surface area contributed by atoms with Crippen LogP contribution in [0.3, 0.4) is 0 Å². The fourth-order valence-corrected chi connectivity index (χ4v) is 4.16. The molecule has 1 fully saturated rings. The van der Waals surface area contributed by atoms with Gasteiger partial charge in [0.05, 0.1) is 32.4 Å². The van der Waals surface area contributed by atoms with Crippen molar-refractivity contribution in [3.63, 3.8) is 0 Å². The standard InChI is InChI=1S/C22H21F3N2O5/c1-30-18-8-13-6-7-26(12-14(13)9-19(18)31-2)17-11-20(28)27(21(17)29)15-4-3-5-16(10-15)32-22(23,24)25/h3-5,8-10,17H,6-7,11-12H2,1-2H3/t17-/m0/s1. The van der Waals surface area contributed by atoms with E-state index in [2.05, 4.69) is 4.74 Å². The summed E-state index contributed by atoms with van der Waals surface area (Å²) in [4.78, 5) is 28.6. The topological polar surface area (TPSA) is 68.3 Å². The highest BCUT2D eigenvalue weighted by Gasteiger charge is 2.43. The summed E-state index contributed by atoms with van der Waals surface area (Å²) in [5, 5.41) is 0. The van der Waals surface area contributed by atoms with Gasteiger partial charge in [0.25, 0.3) is 5.91 Å². The van der Waals surface area contributed by atoms with Crippen LogP contribution in [0, 0.1) is 0 Å². The molecule has 2 heterocycles. The molecule has 7 nitrogen and oxygen atoms in total. The second-order valence-electron chi connectivity index (χ2n) is 7.53. The molecular weight excluding hydrogens is 429 g/mol. The van der Waals surface area contributed by atoms with Crippen LogP contribution in [-0.2, 0) is 22.6 Å². The number of anilines is 1. The molecule has 32 heavy (non-hydrogen) atoms. The molecule has 2 aliphatic heterocycles. The van der Waals surface area contributed by atoms with Gasteiger partial charge in [-0.1, -0.05) is 6.07 Å². The number of hydrogen-bond donors (Lipinski definition) is 0. The molecule has 10 heteroatoms. The van der Waals surface area contributed by atoms with Gasteiger partial charge >= 0.3 is 6.36 Å². The van der Waals surface area contributed by atoms with Crippen LogP contribution in [0.4, 0.5) is 18.9 Å². The third kappa shape index (κ3) is 4.22. The minimum atomic E-state index is -4.87. The van der Waals surface area contributed by atoms with Crippen LogP contribution in [0.25, 0.3) is 0 Å². The number of halogens is 3. The first-order valence-corrected chi connectivity index (χ1v) is 9.90. The van der Waals surface area contributed by atoms with Crippen LogP contribution in [0.15, 0.2) is 36.4 Å². The van der Waals surface area contributed by atoms with Crippen LogP contribution < -0.4 is 19.1 Å². The number of ether oxygens (including phenoxy) is 3. The number of carbonyl (C=O) groups is 2. The van der Waals surface area contributed by atoms with Crippen molar-refractivity contribution in [1.82, 2.24) is 4.90 Å². The maximum Gasteiger partial charge on any atom is 0.573 e. The largest absolute Gasteiger partial charge is 0.573 e. The predicted molar refractivity (Wildman–Crippen MR) is 108 cm³/mol. The van der Waals surface area contributed by atoms with E-state index in [1.807, 2.05) is 17.0 Å². The average Bonchev–Trinajstić information content (AvgIpc) is 3.05. The van der Waals surface area contributed by atoms with Gasteiger partial charge in [-0.25, -0.2) is 4.90 Å². The first kappa shape index (κ1) is 21.9. The van der Waals surface area contributed by atoms with Crippen molar-refractivity contribution < 1.29 is 37.0 Å². The van der Waals surface area contributed by atoms with Crippen molar-refractivity contribution in [2.45, 2.75) is 31.8 Å². The van der Waals surface area contributed by atoms with Crippen LogP contribution in [0.2, 0.25) is 0 Å². The van der Waals surface area contributed by atoms with Gasteiger partial charge in [0.1, 0.15) is 5.75 Å². The van der Waals surface area contributed by atoms with E-state index in [1.165, 1.54) is 12.1 Å².